The summed E-state index contributed by atoms with van der Waals surface area (Å²) in [6.07, 6.45) is 8.74. The first kappa shape index (κ1) is 12.1. The predicted molar refractivity (Wildman–Crippen MR) is 63.3 cm³/mol. The van der Waals surface area contributed by atoms with Gasteiger partial charge >= 0.3 is 0 Å². The van der Waals surface area contributed by atoms with E-state index < -0.39 is 0 Å². The van der Waals surface area contributed by atoms with Crippen LogP contribution in [0, 0.1) is 5.41 Å². The molecule has 1 aliphatic heterocycles. The fraction of sp³-hybridized carbons (Fsp3) is 0.923. The molecule has 1 N–H and O–H groups in total. The van der Waals surface area contributed by atoms with Crippen molar-refractivity contribution in [2.24, 2.45) is 5.41 Å². The van der Waals surface area contributed by atoms with Gasteiger partial charge in [0.2, 0.25) is 0 Å². The van der Waals surface area contributed by atoms with E-state index in [-0.39, 0.29) is 11.5 Å². The molecule has 1 aliphatic carbocycles. The summed E-state index contributed by atoms with van der Waals surface area (Å²) in [7, 11) is 0. The van der Waals surface area contributed by atoms with Gasteiger partial charge in [-0.2, -0.15) is 0 Å². The summed E-state index contributed by atoms with van der Waals surface area (Å²) in [5.74, 6) is 0. The van der Waals surface area contributed by atoms with E-state index in [1.807, 2.05) is 0 Å². The summed E-state index contributed by atoms with van der Waals surface area (Å²) in [5, 5.41) is 9.64. The number of carbonyl (C=O) groups excluding carboxylic acids is 1. The lowest BCUT2D eigenvalue weighted by Gasteiger charge is -2.39. The summed E-state index contributed by atoms with van der Waals surface area (Å²) >= 11 is 0. The summed E-state index contributed by atoms with van der Waals surface area (Å²) in [6.45, 7) is 2.68. The van der Waals surface area contributed by atoms with Crippen LogP contribution in [-0.4, -0.2) is 42.0 Å². The maximum Gasteiger partial charge on any atom is 0.127 e. The molecule has 1 atom stereocenters. The number of likely N-dealkylation sites (tertiary alicyclic amines) is 1. The van der Waals surface area contributed by atoms with E-state index in [1.54, 1.807) is 0 Å². The standard InChI is InChI=1S/C13H23NO2/c15-11-13(6-2-1-3-7-13)10-14-8-4-5-12(16)9-14/h11-12,16H,1-10H2. The summed E-state index contributed by atoms with van der Waals surface area (Å²) in [6, 6.07) is 0. The average Bonchev–Trinajstić information content (AvgIpc) is 2.30. The predicted octanol–water partition coefficient (Wildman–Crippen LogP) is 1.59. The minimum absolute atomic E-state index is 0.102. The van der Waals surface area contributed by atoms with Crippen LogP contribution in [0.1, 0.15) is 44.9 Å². The lowest BCUT2D eigenvalue weighted by Crippen LogP contribution is -2.46. The molecule has 1 unspecified atom stereocenters. The van der Waals surface area contributed by atoms with Gasteiger partial charge in [0.15, 0.2) is 0 Å². The molecule has 2 rings (SSSR count). The summed E-state index contributed by atoms with van der Waals surface area (Å²) < 4.78 is 0. The van der Waals surface area contributed by atoms with Crippen LogP contribution in [0.4, 0.5) is 0 Å². The van der Waals surface area contributed by atoms with Crippen LogP contribution in [0.15, 0.2) is 0 Å². The van der Waals surface area contributed by atoms with Crippen LogP contribution in [0.3, 0.4) is 0 Å². The maximum absolute atomic E-state index is 11.3. The zero-order chi connectivity index (χ0) is 11.4. The van der Waals surface area contributed by atoms with Crippen molar-refractivity contribution in [3.8, 4) is 0 Å². The highest BCUT2D eigenvalue weighted by Gasteiger charge is 2.34. The molecule has 0 aromatic rings. The number of β-amino-alcohol motifs (C(OH)–C–C–N with tert-alkyl or cyclic N) is 1. The SMILES string of the molecule is O=CC1(CN2CCCC(O)C2)CCCCC1. The molecule has 3 heteroatoms. The van der Waals surface area contributed by atoms with Crippen LogP contribution >= 0.6 is 0 Å². The lowest BCUT2D eigenvalue weighted by molar-refractivity contribution is -0.119. The Morgan fingerprint density at radius 2 is 2.00 bits per heavy atom. The molecule has 1 saturated heterocycles. The summed E-state index contributed by atoms with van der Waals surface area (Å²) in [4.78, 5) is 13.6. The van der Waals surface area contributed by atoms with Crippen molar-refractivity contribution in [2.75, 3.05) is 19.6 Å². The van der Waals surface area contributed by atoms with Gasteiger partial charge in [0.05, 0.1) is 6.10 Å². The van der Waals surface area contributed by atoms with E-state index >= 15 is 0 Å². The molecule has 2 aliphatic rings. The monoisotopic (exact) mass is 225 g/mol. The van der Waals surface area contributed by atoms with Gasteiger partial charge < -0.3 is 9.90 Å². The Bertz CT molecular complexity index is 236. The molecule has 1 saturated carbocycles. The number of hydrogen-bond acceptors (Lipinski definition) is 3. The Kier molecular flexibility index (Phi) is 3.98. The van der Waals surface area contributed by atoms with Gasteiger partial charge in [-0.05, 0) is 32.2 Å². The minimum atomic E-state index is -0.180. The molecule has 2 fully saturated rings. The molecule has 0 radical (unpaired) electrons. The van der Waals surface area contributed by atoms with Crippen LogP contribution in [-0.2, 0) is 4.79 Å². The number of rotatable bonds is 3. The molecule has 16 heavy (non-hydrogen) atoms. The van der Waals surface area contributed by atoms with Crippen molar-refractivity contribution in [1.29, 1.82) is 0 Å². The van der Waals surface area contributed by atoms with E-state index in [0.717, 1.165) is 45.3 Å². The first-order valence-electron chi connectivity index (χ1n) is 6.61. The maximum atomic E-state index is 11.3. The van der Waals surface area contributed by atoms with Gasteiger partial charge in [-0.3, -0.25) is 4.90 Å². The Balaban J connectivity index is 1.92. The van der Waals surface area contributed by atoms with E-state index in [2.05, 4.69) is 4.90 Å². The first-order chi connectivity index (χ1) is 7.74. The zero-order valence-electron chi connectivity index (χ0n) is 10.0. The van der Waals surface area contributed by atoms with Gasteiger partial charge in [0.25, 0.3) is 0 Å². The number of aliphatic hydroxyl groups excluding tert-OH is 1. The minimum Gasteiger partial charge on any atom is -0.392 e. The first-order valence-corrected chi connectivity index (χ1v) is 6.61. The van der Waals surface area contributed by atoms with Crippen molar-refractivity contribution < 1.29 is 9.90 Å². The third-order valence-electron chi connectivity index (χ3n) is 4.12. The van der Waals surface area contributed by atoms with Gasteiger partial charge in [0, 0.05) is 18.5 Å². The van der Waals surface area contributed by atoms with Crippen LogP contribution in [0.25, 0.3) is 0 Å². The topological polar surface area (TPSA) is 40.5 Å². The van der Waals surface area contributed by atoms with Gasteiger partial charge in [-0.25, -0.2) is 0 Å². The molecule has 1 heterocycles. The fourth-order valence-corrected chi connectivity index (χ4v) is 3.19. The summed E-state index contributed by atoms with van der Waals surface area (Å²) in [5.41, 5.74) is -0.102. The number of aliphatic hydroxyl groups is 1. The van der Waals surface area contributed by atoms with E-state index in [0.29, 0.717) is 0 Å². The van der Waals surface area contributed by atoms with E-state index in [4.69, 9.17) is 0 Å². The number of hydrogen-bond donors (Lipinski definition) is 1. The van der Waals surface area contributed by atoms with Crippen LogP contribution in [0.5, 0.6) is 0 Å². The number of carbonyl (C=O) groups is 1. The quantitative estimate of drug-likeness (QED) is 0.742. The van der Waals surface area contributed by atoms with E-state index in [9.17, 15) is 9.90 Å². The second-order valence-electron chi connectivity index (χ2n) is 5.57. The average molecular weight is 225 g/mol. The van der Waals surface area contributed by atoms with Crippen molar-refractivity contribution in [3.63, 3.8) is 0 Å². The Morgan fingerprint density at radius 1 is 1.25 bits per heavy atom. The molecule has 0 spiro atoms. The third kappa shape index (κ3) is 2.83. The molecule has 92 valence electrons. The second kappa shape index (κ2) is 5.28. The Labute approximate surface area is 97.8 Å². The van der Waals surface area contributed by atoms with Gasteiger partial charge in [-0.15, -0.1) is 0 Å². The van der Waals surface area contributed by atoms with Crippen LogP contribution < -0.4 is 0 Å². The molecule has 0 amide bonds. The number of aldehydes is 1. The van der Waals surface area contributed by atoms with Crippen LogP contribution in [0.2, 0.25) is 0 Å². The lowest BCUT2D eigenvalue weighted by atomic mass is 9.74. The molecule has 0 aromatic heterocycles. The van der Waals surface area contributed by atoms with Crippen molar-refractivity contribution in [3.05, 3.63) is 0 Å². The van der Waals surface area contributed by atoms with Crippen molar-refractivity contribution >= 4 is 6.29 Å². The van der Waals surface area contributed by atoms with Crippen molar-refractivity contribution in [1.82, 2.24) is 4.90 Å². The fourth-order valence-electron chi connectivity index (χ4n) is 3.19. The highest BCUT2D eigenvalue weighted by atomic mass is 16.3. The Hall–Kier alpha value is -0.410. The Morgan fingerprint density at radius 3 is 2.62 bits per heavy atom. The number of piperidine rings is 1. The highest BCUT2D eigenvalue weighted by molar-refractivity contribution is 5.60. The molecular formula is C13H23NO2. The highest BCUT2D eigenvalue weighted by Crippen LogP contribution is 2.35. The van der Waals surface area contributed by atoms with Gasteiger partial charge in [0.1, 0.15) is 6.29 Å². The molecule has 3 nitrogen and oxygen atoms in total. The normalized spacial score (nSPS) is 31.2. The van der Waals surface area contributed by atoms with Crippen molar-refractivity contribution in [2.45, 2.75) is 51.0 Å². The zero-order valence-corrected chi connectivity index (χ0v) is 10.0. The molecule has 0 aromatic carbocycles. The largest absolute Gasteiger partial charge is 0.392 e. The number of nitrogens with zero attached hydrogens (tertiary/aromatic N) is 1. The van der Waals surface area contributed by atoms with E-state index in [1.165, 1.54) is 25.5 Å². The molecular weight excluding hydrogens is 202 g/mol. The third-order valence-corrected chi connectivity index (χ3v) is 4.12. The second-order valence-corrected chi connectivity index (χ2v) is 5.57. The van der Waals surface area contributed by atoms with Gasteiger partial charge in [-0.1, -0.05) is 19.3 Å². The smallest absolute Gasteiger partial charge is 0.127 e. The molecule has 0 bridgehead atoms.